The zero-order chi connectivity index (χ0) is 15.8. The second kappa shape index (κ2) is 6.42. The highest BCUT2D eigenvalue weighted by Gasteiger charge is 2.21. The highest BCUT2D eigenvalue weighted by atomic mass is 79.9. The Hall–Kier alpha value is -0.330. The summed E-state index contributed by atoms with van der Waals surface area (Å²) in [6.07, 6.45) is 2.08. The molecule has 0 radical (unpaired) electrons. The Labute approximate surface area is 150 Å². The average molecular weight is 480 g/mol. The first-order valence-electron chi connectivity index (χ1n) is 6.60. The first-order valence-corrected chi connectivity index (χ1v) is 8.98. The van der Waals surface area contributed by atoms with E-state index in [1.807, 2.05) is 23.9 Å². The van der Waals surface area contributed by atoms with E-state index in [1.54, 1.807) is 0 Å². The molecule has 3 nitrogen and oxygen atoms in total. The van der Waals surface area contributed by atoms with E-state index >= 15 is 0 Å². The number of benzene rings is 1. The molecule has 0 atom stereocenters. The van der Waals surface area contributed by atoms with Crippen LogP contribution in [-0.2, 0) is 19.0 Å². The number of halogens is 3. The summed E-state index contributed by atoms with van der Waals surface area (Å²) in [5, 5.41) is 8.08. The van der Waals surface area contributed by atoms with E-state index in [4.69, 9.17) is 0 Å². The van der Waals surface area contributed by atoms with Gasteiger partial charge in [0, 0.05) is 44.2 Å². The van der Waals surface area contributed by atoms with Crippen LogP contribution >= 0.6 is 47.8 Å². The molecule has 6 heteroatoms. The molecule has 114 valence electrons. The quantitative estimate of drug-likeness (QED) is 0.619. The average Bonchev–Trinajstić information content (AvgIpc) is 2.69. The molecule has 1 aromatic heterocycles. The molecule has 1 aromatic carbocycles. The summed E-state index contributed by atoms with van der Waals surface area (Å²) in [5.74, 6) is 0. The molecular weight excluding hydrogens is 462 g/mol. The van der Waals surface area contributed by atoms with E-state index in [-0.39, 0.29) is 5.41 Å². The molecule has 1 heterocycles. The monoisotopic (exact) mass is 477 g/mol. The van der Waals surface area contributed by atoms with Crippen LogP contribution in [0.1, 0.15) is 32.0 Å². The third kappa shape index (κ3) is 4.11. The Bertz CT molecular complexity index is 634. The van der Waals surface area contributed by atoms with Crippen molar-refractivity contribution in [2.24, 2.45) is 7.05 Å². The number of hydrogen-bond donors (Lipinski definition) is 1. The molecule has 0 aliphatic carbocycles. The second-order valence-corrected chi connectivity index (χ2v) is 8.65. The number of nitrogens with one attached hydrogen (secondary N) is 1. The van der Waals surface area contributed by atoms with E-state index < -0.39 is 0 Å². The van der Waals surface area contributed by atoms with Crippen molar-refractivity contribution in [2.75, 3.05) is 5.32 Å². The first-order chi connectivity index (χ1) is 9.68. The number of rotatable bonds is 3. The van der Waals surface area contributed by atoms with Crippen LogP contribution in [0.25, 0.3) is 0 Å². The van der Waals surface area contributed by atoms with E-state index in [0.29, 0.717) is 0 Å². The van der Waals surface area contributed by atoms with Crippen molar-refractivity contribution in [3.05, 3.63) is 43.0 Å². The lowest BCUT2D eigenvalue weighted by Gasteiger charge is -2.18. The largest absolute Gasteiger partial charge is 0.379 e. The fourth-order valence-electron chi connectivity index (χ4n) is 2.19. The summed E-state index contributed by atoms with van der Waals surface area (Å²) in [4.78, 5) is 0. The lowest BCUT2D eigenvalue weighted by atomic mass is 9.89. The minimum absolute atomic E-state index is 0.0342. The normalized spacial score (nSPS) is 11.8. The van der Waals surface area contributed by atoms with E-state index in [0.717, 1.165) is 31.3 Å². The van der Waals surface area contributed by atoms with Gasteiger partial charge in [0.25, 0.3) is 0 Å². The summed E-state index contributed by atoms with van der Waals surface area (Å²) in [6.45, 7) is 7.29. The first kappa shape index (κ1) is 17.0. The van der Waals surface area contributed by atoms with Crippen molar-refractivity contribution >= 4 is 53.5 Å². The Kier molecular flexibility index (Phi) is 5.21. The van der Waals surface area contributed by atoms with E-state index in [9.17, 15) is 0 Å². The Morgan fingerprint density at radius 1 is 1.14 bits per heavy atom. The smallest absolute Gasteiger partial charge is 0.0727 e. The number of anilines is 1. The lowest BCUT2D eigenvalue weighted by molar-refractivity contribution is 0.549. The number of aromatic nitrogens is 2. The van der Waals surface area contributed by atoms with Gasteiger partial charge in [0.1, 0.15) is 0 Å². The van der Waals surface area contributed by atoms with Gasteiger partial charge in [-0.25, -0.2) is 0 Å². The number of hydrogen-bond acceptors (Lipinski definition) is 2. The van der Waals surface area contributed by atoms with Crippen LogP contribution in [0.2, 0.25) is 0 Å². The van der Waals surface area contributed by atoms with Crippen molar-refractivity contribution in [1.29, 1.82) is 0 Å². The van der Waals surface area contributed by atoms with Crippen LogP contribution in [0.15, 0.2) is 31.7 Å². The number of nitrogens with zero attached hydrogens (tertiary/aromatic N) is 2. The van der Waals surface area contributed by atoms with Crippen LogP contribution in [0, 0.1) is 0 Å². The SMILES string of the molecule is Cn1cc(CNc2c(Br)cc(Br)cc2Br)c(C(C)(C)C)n1. The summed E-state index contributed by atoms with van der Waals surface area (Å²) in [6, 6.07) is 4.06. The van der Waals surface area contributed by atoms with Crippen molar-refractivity contribution in [3.8, 4) is 0 Å². The van der Waals surface area contributed by atoms with Gasteiger partial charge in [-0.3, -0.25) is 4.68 Å². The maximum Gasteiger partial charge on any atom is 0.0727 e. The molecule has 1 N–H and O–H groups in total. The Morgan fingerprint density at radius 3 is 2.24 bits per heavy atom. The van der Waals surface area contributed by atoms with Gasteiger partial charge in [-0.15, -0.1) is 0 Å². The molecule has 21 heavy (non-hydrogen) atoms. The summed E-state index contributed by atoms with van der Waals surface area (Å²) in [5.41, 5.74) is 3.42. The molecule has 0 unspecified atom stereocenters. The lowest BCUT2D eigenvalue weighted by Crippen LogP contribution is -2.16. The maximum absolute atomic E-state index is 4.60. The predicted octanol–water partition coefficient (Wildman–Crippen LogP) is 5.62. The third-order valence-corrected chi connectivity index (χ3v) is 4.79. The Balaban J connectivity index is 2.25. The summed E-state index contributed by atoms with van der Waals surface area (Å²) < 4.78 is 4.95. The van der Waals surface area contributed by atoms with Crippen LogP contribution in [0.3, 0.4) is 0 Å². The van der Waals surface area contributed by atoms with Crippen molar-refractivity contribution in [3.63, 3.8) is 0 Å². The molecule has 2 rings (SSSR count). The summed E-state index contributed by atoms with van der Waals surface area (Å²) >= 11 is 10.7. The predicted molar refractivity (Wildman–Crippen MR) is 98.8 cm³/mol. The van der Waals surface area contributed by atoms with E-state index in [1.165, 1.54) is 5.56 Å². The topological polar surface area (TPSA) is 29.9 Å². The van der Waals surface area contributed by atoms with Crippen molar-refractivity contribution < 1.29 is 0 Å². The van der Waals surface area contributed by atoms with Gasteiger partial charge in [-0.05, 0) is 44.0 Å². The minimum atomic E-state index is 0.0342. The molecule has 0 bridgehead atoms. The highest BCUT2D eigenvalue weighted by Crippen LogP contribution is 2.35. The molecule has 2 aromatic rings. The van der Waals surface area contributed by atoms with Crippen LogP contribution in [-0.4, -0.2) is 9.78 Å². The number of aryl methyl sites for hydroxylation is 1. The zero-order valence-electron chi connectivity index (χ0n) is 12.5. The van der Waals surface area contributed by atoms with E-state index in [2.05, 4.69) is 85.2 Å². The second-order valence-electron chi connectivity index (χ2n) is 6.02. The molecule has 0 saturated carbocycles. The molecule has 0 saturated heterocycles. The van der Waals surface area contributed by atoms with Crippen LogP contribution < -0.4 is 5.32 Å². The maximum atomic E-state index is 4.60. The third-order valence-electron chi connectivity index (χ3n) is 3.08. The Morgan fingerprint density at radius 2 is 1.71 bits per heavy atom. The zero-order valence-corrected chi connectivity index (χ0v) is 17.2. The van der Waals surface area contributed by atoms with Crippen LogP contribution in [0.5, 0.6) is 0 Å². The van der Waals surface area contributed by atoms with Gasteiger partial charge in [0.15, 0.2) is 0 Å². The fraction of sp³-hybridized carbons (Fsp3) is 0.400. The minimum Gasteiger partial charge on any atom is -0.379 e. The highest BCUT2D eigenvalue weighted by molar-refractivity contribution is 9.11. The van der Waals surface area contributed by atoms with Gasteiger partial charge >= 0.3 is 0 Å². The molecular formula is C15H18Br3N3. The molecule has 0 fully saturated rings. The van der Waals surface area contributed by atoms with Gasteiger partial charge in [0.05, 0.1) is 11.4 Å². The van der Waals surface area contributed by atoms with Crippen LogP contribution in [0.4, 0.5) is 5.69 Å². The molecule has 0 amide bonds. The van der Waals surface area contributed by atoms with Gasteiger partial charge in [-0.1, -0.05) is 36.7 Å². The standard InChI is InChI=1S/C15H18Br3N3/c1-15(2,3)14-9(8-21(4)20-14)7-19-13-11(17)5-10(16)6-12(13)18/h5-6,8,19H,7H2,1-4H3. The van der Waals surface area contributed by atoms with Crippen molar-refractivity contribution in [1.82, 2.24) is 9.78 Å². The van der Waals surface area contributed by atoms with Gasteiger partial charge in [0.2, 0.25) is 0 Å². The molecule has 0 aliphatic rings. The van der Waals surface area contributed by atoms with Crippen molar-refractivity contribution in [2.45, 2.75) is 32.7 Å². The van der Waals surface area contributed by atoms with Gasteiger partial charge in [-0.2, -0.15) is 5.10 Å². The summed E-state index contributed by atoms with van der Waals surface area (Å²) in [7, 11) is 1.96. The fourth-order valence-corrected chi connectivity index (χ4v) is 4.73. The molecule has 0 aliphatic heterocycles. The van der Waals surface area contributed by atoms with Gasteiger partial charge < -0.3 is 5.32 Å². The molecule has 0 spiro atoms.